The van der Waals surface area contributed by atoms with Gasteiger partial charge < -0.3 is 18.6 Å². The summed E-state index contributed by atoms with van der Waals surface area (Å²) in [5.41, 5.74) is 2.56. The summed E-state index contributed by atoms with van der Waals surface area (Å²) in [6.07, 6.45) is 3.99. The summed E-state index contributed by atoms with van der Waals surface area (Å²) in [6, 6.07) is 26.2. The molecule has 0 saturated heterocycles. The number of allylic oxidation sites excluding steroid dienone is 2. The molecule has 0 aromatic heterocycles. The van der Waals surface area contributed by atoms with Crippen molar-refractivity contribution in [2.24, 2.45) is 0 Å². The lowest BCUT2D eigenvalue weighted by Crippen LogP contribution is -2.42. The van der Waals surface area contributed by atoms with Gasteiger partial charge in [0.05, 0.1) is 0 Å². The molecular weight excluding hydrogens is 374 g/mol. The zero-order chi connectivity index (χ0) is 19.9. The maximum Gasteiger partial charge on any atom is 0.598 e. The van der Waals surface area contributed by atoms with E-state index in [9.17, 15) is 0 Å². The fraction of sp³-hybridized carbons (Fsp3) is 0.167. The van der Waals surface area contributed by atoms with Gasteiger partial charge in [-0.1, -0.05) is 60.7 Å². The Kier molecular flexibility index (Phi) is 4.22. The molecule has 2 heterocycles. The van der Waals surface area contributed by atoms with E-state index < -0.39 is 0 Å². The lowest BCUT2D eigenvalue weighted by Gasteiger charge is -2.31. The summed E-state index contributed by atoms with van der Waals surface area (Å²) >= 11 is 0. The van der Waals surface area contributed by atoms with Gasteiger partial charge in [-0.2, -0.15) is 0 Å². The van der Waals surface area contributed by atoms with Gasteiger partial charge in [-0.05, 0) is 48.2 Å². The highest BCUT2D eigenvalue weighted by Gasteiger charge is 2.53. The molecule has 0 bridgehead atoms. The number of benzene rings is 3. The molecule has 1 aliphatic carbocycles. The molecule has 3 aromatic carbocycles. The Morgan fingerprint density at radius 3 is 1.57 bits per heavy atom. The summed E-state index contributed by atoms with van der Waals surface area (Å²) in [5.74, 6) is 3.41. The Labute approximate surface area is 176 Å². The number of rotatable bonds is 3. The molecule has 0 fully saturated rings. The Morgan fingerprint density at radius 1 is 0.567 bits per heavy atom. The summed E-state index contributed by atoms with van der Waals surface area (Å²) in [6.45, 7) is 0. The highest BCUT2D eigenvalue weighted by atomic mass is 16.6. The fourth-order valence-corrected chi connectivity index (χ4v) is 4.63. The minimum absolute atomic E-state index is 0.0944. The van der Waals surface area contributed by atoms with Gasteiger partial charge in [0.15, 0.2) is 0 Å². The van der Waals surface area contributed by atoms with Crippen molar-refractivity contribution >= 4 is 19.8 Å². The second kappa shape index (κ2) is 7.21. The third kappa shape index (κ3) is 3.04. The van der Waals surface area contributed by atoms with Crippen molar-refractivity contribution in [3.63, 3.8) is 0 Å². The largest absolute Gasteiger partial charge is 0.598 e. The van der Waals surface area contributed by atoms with Gasteiger partial charge in [0, 0.05) is 11.6 Å². The minimum atomic E-state index is -0.365. The number of hydrogen-bond donors (Lipinski definition) is 0. The molecule has 146 valence electrons. The molecule has 2 atom stereocenters. The Balaban J connectivity index is 1.31. The molecule has 0 saturated carbocycles. The van der Waals surface area contributed by atoms with E-state index in [-0.39, 0.29) is 25.9 Å². The first kappa shape index (κ1) is 17.6. The molecule has 4 nitrogen and oxygen atoms in total. The summed E-state index contributed by atoms with van der Waals surface area (Å²) in [4.78, 5) is 0. The van der Waals surface area contributed by atoms with Crippen LogP contribution in [0.15, 0.2) is 84.9 Å². The van der Waals surface area contributed by atoms with Crippen LogP contribution >= 0.6 is 0 Å². The van der Waals surface area contributed by atoms with Crippen LogP contribution in [0.3, 0.4) is 0 Å². The van der Waals surface area contributed by atoms with Crippen molar-refractivity contribution in [2.45, 2.75) is 24.5 Å². The average molecular weight is 394 g/mol. The highest BCUT2D eigenvalue weighted by molar-refractivity contribution is 6.57. The van der Waals surface area contributed by atoms with Crippen molar-refractivity contribution in [2.75, 3.05) is 0 Å². The molecule has 3 aromatic rings. The zero-order valence-electron chi connectivity index (χ0n) is 16.4. The normalized spacial score (nSPS) is 21.5. The number of hydrogen-bond acceptors (Lipinski definition) is 4. The van der Waals surface area contributed by atoms with E-state index in [1.165, 1.54) is 11.1 Å². The van der Waals surface area contributed by atoms with Crippen LogP contribution in [0.2, 0.25) is 11.6 Å². The van der Waals surface area contributed by atoms with Gasteiger partial charge in [0.1, 0.15) is 23.0 Å². The van der Waals surface area contributed by atoms with E-state index in [1.54, 1.807) is 0 Å². The highest BCUT2D eigenvalue weighted by Crippen LogP contribution is 2.50. The smallest absolute Gasteiger partial charge is 0.523 e. The maximum absolute atomic E-state index is 6.24. The molecule has 0 N–H and O–H groups in total. The van der Waals surface area contributed by atoms with Crippen molar-refractivity contribution in [3.05, 3.63) is 90.5 Å². The molecule has 30 heavy (non-hydrogen) atoms. The van der Waals surface area contributed by atoms with E-state index in [1.807, 2.05) is 54.6 Å². The first-order chi connectivity index (χ1) is 14.8. The van der Waals surface area contributed by atoms with Crippen molar-refractivity contribution in [1.29, 1.82) is 0 Å². The van der Waals surface area contributed by atoms with E-state index in [0.717, 1.165) is 35.8 Å². The molecule has 2 aliphatic heterocycles. The SMILES string of the molecule is C1=C(c2ccccc2)C[C@H](B2Oc3ccccc3O2)[C@@H](B2Oc3ccccc3O2)C1. The van der Waals surface area contributed by atoms with E-state index >= 15 is 0 Å². The van der Waals surface area contributed by atoms with Crippen molar-refractivity contribution in [3.8, 4) is 23.0 Å². The van der Waals surface area contributed by atoms with Crippen LogP contribution < -0.4 is 18.6 Å². The third-order valence-electron chi connectivity index (χ3n) is 6.16. The quantitative estimate of drug-likeness (QED) is 0.548. The Bertz CT molecular complexity index is 1050. The topological polar surface area (TPSA) is 36.9 Å². The first-order valence-corrected chi connectivity index (χ1v) is 10.4. The summed E-state index contributed by atoms with van der Waals surface area (Å²) < 4.78 is 24.9. The average Bonchev–Trinajstić information content (AvgIpc) is 3.43. The molecule has 0 spiro atoms. The monoisotopic (exact) mass is 394 g/mol. The number of para-hydroxylation sites is 4. The van der Waals surface area contributed by atoms with Crippen LogP contribution in [0, 0.1) is 0 Å². The molecule has 6 rings (SSSR count). The zero-order valence-corrected chi connectivity index (χ0v) is 16.4. The lowest BCUT2D eigenvalue weighted by atomic mass is 9.48. The molecule has 0 unspecified atom stereocenters. The van der Waals surface area contributed by atoms with E-state index in [2.05, 4.69) is 30.3 Å². The van der Waals surface area contributed by atoms with Gasteiger partial charge in [0.2, 0.25) is 0 Å². The molecule has 3 aliphatic rings. The van der Waals surface area contributed by atoms with Crippen LogP contribution in [-0.2, 0) is 0 Å². The van der Waals surface area contributed by atoms with Gasteiger partial charge in [-0.25, -0.2) is 0 Å². The lowest BCUT2D eigenvalue weighted by molar-refractivity contribution is 0.418. The molecular formula is C24H20B2O4. The van der Waals surface area contributed by atoms with Crippen LogP contribution in [0.1, 0.15) is 18.4 Å². The number of fused-ring (bicyclic) bond motifs is 2. The van der Waals surface area contributed by atoms with E-state index in [0.29, 0.717) is 0 Å². The summed E-state index contributed by atoms with van der Waals surface area (Å²) in [5, 5.41) is 0. The van der Waals surface area contributed by atoms with Gasteiger partial charge >= 0.3 is 14.2 Å². The van der Waals surface area contributed by atoms with Crippen molar-refractivity contribution in [1.82, 2.24) is 0 Å². The molecule has 6 heteroatoms. The van der Waals surface area contributed by atoms with Gasteiger partial charge in [-0.3, -0.25) is 0 Å². The predicted octanol–water partition coefficient (Wildman–Crippen LogP) is 5.52. The second-order valence-electron chi connectivity index (χ2n) is 7.96. The first-order valence-electron chi connectivity index (χ1n) is 10.4. The van der Waals surface area contributed by atoms with Crippen LogP contribution in [0.5, 0.6) is 23.0 Å². The fourth-order valence-electron chi connectivity index (χ4n) is 4.63. The van der Waals surface area contributed by atoms with Gasteiger partial charge in [-0.15, -0.1) is 0 Å². The van der Waals surface area contributed by atoms with E-state index in [4.69, 9.17) is 18.6 Å². The maximum atomic E-state index is 6.24. The van der Waals surface area contributed by atoms with Crippen LogP contribution in [0.25, 0.3) is 5.57 Å². The van der Waals surface area contributed by atoms with Crippen LogP contribution in [0.4, 0.5) is 0 Å². The van der Waals surface area contributed by atoms with Crippen LogP contribution in [-0.4, -0.2) is 14.2 Å². The summed E-state index contributed by atoms with van der Waals surface area (Å²) in [7, 11) is -0.715. The van der Waals surface area contributed by atoms with Crippen molar-refractivity contribution < 1.29 is 18.6 Å². The third-order valence-corrected chi connectivity index (χ3v) is 6.16. The Morgan fingerprint density at radius 2 is 1.03 bits per heavy atom. The predicted molar refractivity (Wildman–Crippen MR) is 118 cm³/mol. The standard InChI is InChI=1S/C24H20B2O4/c1-2-8-17(9-3-1)18-14-15-19(25-27-21-10-4-5-11-22(21)28-25)20(16-18)26-29-23-12-6-7-13-24(23)30-26/h1-14,19-20H,15-16H2/t19-,20-/m0/s1. The molecule has 0 amide bonds. The minimum Gasteiger partial charge on any atom is -0.523 e. The van der Waals surface area contributed by atoms with Gasteiger partial charge in [0.25, 0.3) is 0 Å². The molecule has 0 radical (unpaired) electrons. The Hall–Kier alpha value is -3.27. The second-order valence-corrected chi connectivity index (χ2v) is 7.96.